The van der Waals surface area contributed by atoms with Crippen molar-refractivity contribution in [3.05, 3.63) is 11.7 Å². The monoisotopic (exact) mass is 330 g/mol. The first-order valence-corrected chi connectivity index (χ1v) is 7.66. The van der Waals surface area contributed by atoms with Crippen LogP contribution >= 0.6 is 12.4 Å². The third-order valence-corrected chi connectivity index (χ3v) is 4.03. The van der Waals surface area contributed by atoms with Crippen molar-refractivity contribution in [2.45, 2.75) is 70.9 Å². The normalized spacial score (nSPS) is 23.0. The van der Waals surface area contributed by atoms with E-state index in [1.165, 1.54) is 0 Å². The van der Waals surface area contributed by atoms with Crippen LogP contribution in [0.1, 0.15) is 71.1 Å². The van der Waals surface area contributed by atoms with E-state index in [0.29, 0.717) is 24.1 Å². The van der Waals surface area contributed by atoms with Crippen LogP contribution in [0.3, 0.4) is 0 Å². The van der Waals surface area contributed by atoms with Gasteiger partial charge in [0.25, 0.3) is 0 Å². The lowest BCUT2D eigenvalue weighted by atomic mass is 9.96. The largest absolute Gasteiger partial charge is 0.345 e. The number of amides is 1. The topological polar surface area (TPSA) is 94.0 Å². The van der Waals surface area contributed by atoms with Crippen LogP contribution in [-0.4, -0.2) is 22.1 Å². The second-order valence-electron chi connectivity index (χ2n) is 7.05. The number of carbonyl (C=O) groups is 1. The molecule has 2 rings (SSSR count). The SMILES string of the molecule is CC(NC(=O)C[C@@H]1CCC[C@H]1N)c1nc(C(C)(C)C)no1.Cl. The second-order valence-corrected chi connectivity index (χ2v) is 7.05. The Hall–Kier alpha value is -1.14. The molecule has 1 fully saturated rings. The van der Waals surface area contributed by atoms with Crippen molar-refractivity contribution in [2.75, 3.05) is 0 Å². The molecular formula is C15H27ClN4O2. The van der Waals surface area contributed by atoms with E-state index in [9.17, 15) is 4.79 Å². The van der Waals surface area contributed by atoms with Gasteiger partial charge in [0.15, 0.2) is 5.82 Å². The number of hydrogen-bond acceptors (Lipinski definition) is 5. The number of nitrogens with zero attached hydrogens (tertiary/aromatic N) is 2. The van der Waals surface area contributed by atoms with Gasteiger partial charge in [-0.15, -0.1) is 12.4 Å². The molecule has 22 heavy (non-hydrogen) atoms. The lowest BCUT2D eigenvalue weighted by molar-refractivity contribution is -0.122. The van der Waals surface area contributed by atoms with Gasteiger partial charge in [0.05, 0.1) is 0 Å². The minimum absolute atomic E-state index is 0. The summed E-state index contributed by atoms with van der Waals surface area (Å²) in [6.45, 7) is 7.91. The number of aromatic nitrogens is 2. The number of nitrogens with two attached hydrogens (primary N) is 1. The first-order chi connectivity index (χ1) is 9.77. The van der Waals surface area contributed by atoms with E-state index in [0.717, 1.165) is 19.3 Å². The summed E-state index contributed by atoms with van der Waals surface area (Å²) in [7, 11) is 0. The predicted octanol–water partition coefficient (Wildman–Crippen LogP) is 2.48. The van der Waals surface area contributed by atoms with Gasteiger partial charge in [0, 0.05) is 17.9 Å². The van der Waals surface area contributed by atoms with Crippen LogP contribution in [0.15, 0.2) is 4.52 Å². The third kappa shape index (κ3) is 4.68. The maximum atomic E-state index is 12.1. The molecule has 0 saturated heterocycles. The fraction of sp³-hybridized carbons (Fsp3) is 0.800. The van der Waals surface area contributed by atoms with Crippen molar-refractivity contribution in [1.82, 2.24) is 15.5 Å². The predicted molar refractivity (Wildman–Crippen MR) is 86.7 cm³/mol. The molecule has 1 amide bonds. The fourth-order valence-corrected chi connectivity index (χ4v) is 2.63. The highest BCUT2D eigenvalue weighted by atomic mass is 35.5. The van der Waals surface area contributed by atoms with E-state index in [2.05, 4.69) is 15.5 Å². The minimum Gasteiger partial charge on any atom is -0.345 e. The van der Waals surface area contributed by atoms with Gasteiger partial charge < -0.3 is 15.6 Å². The van der Waals surface area contributed by atoms with Crippen molar-refractivity contribution in [3.63, 3.8) is 0 Å². The van der Waals surface area contributed by atoms with Gasteiger partial charge in [0.2, 0.25) is 11.8 Å². The summed E-state index contributed by atoms with van der Waals surface area (Å²) < 4.78 is 5.24. The molecule has 1 saturated carbocycles. The summed E-state index contributed by atoms with van der Waals surface area (Å²) in [6.07, 6.45) is 3.66. The van der Waals surface area contributed by atoms with Gasteiger partial charge >= 0.3 is 0 Å². The van der Waals surface area contributed by atoms with Crippen LogP contribution in [0.4, 0.5) is 0 Å². The lowest BCUT2D eigenvalue weighted by Gasteiger charge is -2.16. The van der Waals surface area contributed by atoms with E-state index in [1.807, 2.05) is 27.7 Å². The van der Waals surface area contributed by atoms with Crippen molar-refractivity contribution in [3.8, 4) is 0 Å². The van der Waals surface area contributed by atoms with Crippen LogP contribution in [0.2, 0.25) is 0 Å². The van der Waals surface area contributed by atoms with Crippen LogP contribution in [0.25, 0.3) is 0 Å². The minimum atomic E-state index is -0.279. The standard InChI is InChI=1S/C15H26N4O2.ClH/c1-9(13-18-14(19-21-13)15(2,3)4)17-12(20)8-10-6-5-7-11(10)16;/h9-11H,5-8,16H2,1-4H3,(H,17,20);1H/t9?,10-,11+;/m0./s1. The highest BCUT2D eigenvalue weighted by molar-refractivity contribution is 5.85. The molecule has 3 N–H and O–H groups in total. The van der Waals surface area contributed by atoms with Crippen LogP contribution in [-0.2, 0) is 10.2 Å². The summed E-state index contributed by atoms with van der Waals surface area (Å²) in [5.74, 6) is 1.39. The van der Waals surface area contributed by atoms with E-state index >= 15 is 0 Å². The van der Waals surface area contributed by atoms with Gasteiger partial charge in [-0.05, 0) is 25.7 Å². The number of nitrogens with one attached hydrogen (secondary N) is 1. The zero-order chi connectivity index (χ0) is 15.6. The van der Waals surface area contributed by atoms with Crippen molar-refractivity contribution in [2.24, 2.45) is 11.7 Å². The van der Waals surface area contributed by atoms with Crippen LogP contribution in [0.5, 0.6) is 0 Å². The van der Waals surface area contributed by atoms with Crippen molar-refractivity contribution < 1.29 is 9.32 Å². The smallest absolute Gasteiger partial charge is 0.248 e. The summed E-state index contributed by atoms with van der Waals surface area (Å²) >= 11 is 0. The molecule has 1 heterocycles. The van der Waals surface area contributed by atoms with E-state index < -0.39 is 0 Å². The van der Waals surface area contributed by atoms with Gasteiger partial charge in [-0.25, -0.2) is 0 Å². The van der Waals surface area contributed by atoms with Gasteiger partial charge in [0.1, 0.15) is 6.04 Å². The Morgan fingerprint density at radius 2 is 2.14 bits per heavy atom. The van der Waals surface area contributed by atoms with Gasteiger partial charge in [-0.1, -0.05) is 32.3 Å². The number of carbonyl (C=O) groups excluding carboxylic acids is 1. The molecule has 1 aliphatic rings. The van der Waals surface area contributed by atoms with Crippen LogP contribution < -0.4 is 11.1 Å². The molecule has 0 bridgehead atoms. The summed E-state index contributed by atoms with van der Waals surface area (Å²) in [5.41, 5.74) is 5.83. The maximum absolute atomic E-state index is 12.1. The van der Waals surface area contributed by atoms with E-state index in [4.69, 9.17) is 10.3 Å². The quantitative estimate of drug-likeness (QED) is 0.884. The molecule has 1 aromatic heterocycles. The molecule has 0 radical (unpaired) electrons. The molecule has 0 aromatic carbocycles. The molecule has 1 aromatic rings. The van der Waals surface area contributed by atoms with Crippen molar-refractivity contribution >= 4 is 18.3 Å². The zero-order valence-corrected chi connectivity index (χ0v) is 14.6. The number of rotatable bonds is 4. The van der Waals surface area contributed by atoms with E-state index in [1.54, 1.807) is 0 Å². The second kappa shape index (κ2) is 7.42. The van der Waals surface area contributed by atoms with Crippen molar-refractivity contribution in [1.29, 1.82) is 0 Å². The Kier molecular flexibility index (Phi) is 6.38. The Labute approximate surface area is 138 Å². The average molecular weight is 331 g/mol. The fourth-order valence-electron chi connectivity index (χ4n) is 2.63. The molecule has 0 aliphatic heterocycles. The highest BCUT2D eigenvalue weighted by Gasteiger charge is 2.28. The Morgan fingerprint density at radius 1 is 1.45 bits per heavy atom. The van der Waals surface area contributed by atoms with E-state index in [-0.39, 0.29) is 35.8 Å². The number of halogens is 1. The molecule has 3 atom stereocenters. The molecule has 7 heteroatoms. The first-order valence-electron chi connectivity index (χ1n) is 7.66. The first kappa shape index (κ1) is 18.9. The highest BCUT2D eigenvalue weighted by Crippen LogP contribution is 2.27. The molecule has 0 spiro atoms. The average Bonchev–Trinajstić information content (AvgIpc) is 2.98. The third-order valence-electron chi connectivity index (χ3n) is 4.03. The molecule has 6 nitrogen and oxygen atoms in total. The zero-order valence-electron chi connectivity index (χ0n) is 13.8. The summed E-state index contributed by atoms with van der Waals surface area (Å²) in [5, 5.41) is 6.89. The molecule has 126 valence electrons. The molecule has 1 unspecified atom stereocenters. The Bertz CT molecular complexity index is 498. The molecular weight excluding hydrogens is 304 g/mol. The maximum Gasteiger partial charge on any atom is 0.248 e. The Morgan fingerprint density at radius 3 is 2.64 bits per heavy atom. The summed E-state index contributed by atoms with van der Waals surface area (Å²) in [6, 6.07) is -0.124. The lowest BCUT2D eigenvalue weighted by Crippen LogP contribution is -2.33. The van der Waals surface area contributed by atoms with Gasteiger partial charge in [-0.2, -0.15) is 4.98 Å². The summed E-state index contributed by atoms with van der Waals surface area (Å²) in [4.78, 5) is 16.4. The van der Waals surface area contributed by atoms with Crippen LogP contribution in [0, 0.1) is 5.92 Å². The number of hydrogen-bond donors (Lipinski definition) is 2. The molecule has 1 aliphatic carbocycles. The van der Waals surface area contributed by atoms with Gasteiger partial charge in [-0.3, -0.25) is 4.79 Å². The Balaban J connectivity index is 0.00000242.